The first-order valence-corrected chi connectivity index (χ1v) is 5.59. The summed E-state index contributed by atoms with van der Waals surface area (Å²) in [4.78, 5) is 10.4. The van der Waals surface area contributed by atoms with Crippen molar-refractivity contribution in [3.8, 4) is 0 Å². The quantitative estimate of drug-likeness (QED) is 0.672. The van der Waals surface area contributed by atoms with Gasteiger partial charge in [0.25, 0.3) is 0 Å². The van der Waals surface area contributed by atoms with Crippen LogP contribution in [0.2, 0.25) is 0 Å². The minimum Gasteiger partial charge on any atom is -0.366 e. The zero-order chi connectivity index (χ0) is 11.2. The van der Waals surface area contributed by atoms with Crippen LogP contribution < -0.4 is 10.9 Å². The molecule has 0 bridgehead atoms. The number of hydrogen-bond donors (Lipinski definition) is 2. The van der Waals surface area contributed by atoms with Crippen molar-refractivity contribution in [2.45, 2.75) is 0 Å². The molecule has 5 nitrogen and oxygen atoms in total. The Morgan fingerprint density at radius 3 is 1.79 bits per heavy atom. The maximum Gasteiger partial charge on any atom is 0.248 e. The van der Waals surface area contributed by atoms with Crippen LogP contribution in [0.4, 0.5) is 0 Å². The number of nitrogens with two attached hydrogens (primary N) is 2. The molecule has 0 unspecified atom stereocenters. The first kappa shape index (κ1) is 12.6. The monoisotopic (exact) mass is 216 g/mol. The average molecular weight is 216 g/mol. The van der Waals surface area contributed by atoms with E-state index in [4.69, 9.17) is 5.73 Å². The number of rotatable bonds is 1. The summed E-state index contributed by atoms with van der Waals surface area (Å²) in [5.41, 5.74) is 5.53. The maximum atomic E-state index is 10.4. The zero-order valence-corrected chi connectivity index (χ0v) is 8.49. The van der Waals surface area contributed by atoms with Gasteiger partial charge in [-0.2, -0.15) is 0 Å². The lowest BCUT2D eigenvalue weighted by Crippen LogP contribution is -2.09. The molecule has 0 aliphatic carbocycles. The average Bonchev–Trinajstić information content (AvgIpc) is 2.03. The van der Waals surface area contributed by atoms with Crippen molar-refractivity contribution >= 4 is 15.9 Å². The molecule has 0 aromatic heterocycles. The van der Waals surface area contributed by atoms with Crippen molar-refractivity contribution in [2.24, 2.45) is 10.9 Å². The fourth-order valence-corrected chi connectivity index (χ4v) is 0.602. The third-order valence-electron chi connectivity index (χ3n) is 1.06. The topological polar surface area (TPSA) is 103 Å². The molecule has 1 rings (SSSR count). The Labute approximate surface area is 82.8 Å². The van der Waals surface area contributed by atoms with Crippen LogP contribution in [0.15, 0.2) is 30.3 Å². The van der Waals surface area contributed by atoms with E-state index in [2.05, 4.69) is 5.14 Å². The molecule has 0 radical (unpaired) electrons. The molecule has 0 heterocycles. The Morgan fingerprint density at radius 1 is 1.21 bits per heavy atom. The first-order valence-electron chi connectivity index (χ1n) is 3.63. The Hall–Kier alpha value is -1.40. The molecule has 0 fully saturated rings. The smallest absolute Gasteiger partial charge is 0.248 e. The van der Waals surface area contributed by atoms with Crippen LogP contribution >= 0.6 is 0 Å². The Bertz CT molecular complexity index is 378. The van der Waals surface area contributed by atoms with Gasteiger partial charge < -0.3 is 5.73 Å². The molecule has 1 aromatic carbocycles. The highest BCUT2D eigenvalue weighted by Crippen LogP contribution is 1.94. The van der Waals surface area contributed by atoms with Gasteiger partial charge in [0.05, 0.1) is 6.26 Å². The number of sulfonamides is 1. The maximum absolute atomic E-state index is 10.4. The van der Waals surface area contributed by atoms with Gasteiger partial charge in [0.1, 0.15) is 0 Å². The van der Waals surface area contributed by atoms with Gasteiger partial charge in [0.2, 0.25) is 15.9 Å². The zero-order valence-electron chi connectivity index (χ0n) is 7.67. The van der Waals surface area contributed by atoms with Gasteiger partial charge in [-0.1, -0.05) is 18.2 Å². The molecule has 1 aromatic rings. The fraction of sp³-hybridized carbons (Fsp3) is 0.125. The van der Waals surface area contributed by atoms with Crippen LogP contribution in [0, 0.1) is 0 Å². The van der Waals surface area contributed by atoms with Crippen LogP contribution in [-0.2, 0) is 10.0 Å². The summed E-state index contributed by atoms with van der Waals surface area (Å²) >= 11 is 0. The van der Waals surface area contributed by atoms with E-state index in [0.29, 0.717) is 5.56 Å². The van der Waals surface area contributed by atoms with Crippen molar-refractivity contribution in [3.63, 3.8) is 0 Å². The Balaban J connectivity index is 0.000000292. The SMILES string of the molecule is CS(N)(=O)=O.NC(=O)c1ccccc1. The summed E-state index contributed by atoms with van der Waals surface area (Å²) in [7, 11) is -3.17. The molecule has 14 heavy (non-hydrogen) atoms. The Kier molecular flexibility index (Phi) is 4.82. The third kappa shape index (κ3) is 8.69. The molecule has 0 saturated heterocycles. The fourth-order valence-electron chi connectivity index (χ4n) is 0.602. The predicted octanol–water partition coefficient (Wildman–Crippen LogP) is -0.310. The van der Waals surface area contributed by atoms with Crippen molar-refractivity contribution < 1.29 is 13.2 Å². The molecule has 0 atom stereocenters. The van der Waals surface area contributed by atoms with E-state index in [1.54, 1.807) is 24.3 Å². The normalized spacial score (nSPS) is 9.86. The number of primary amides is 1. The van der Waals surface area contributed by atoms with Gasteiger partial charge >= 0.3 is 0 Å². The van der Waals surface area contributed by atoms with Crippen LogP contribution in [0.3, 0.4) is 0 Å². The molecular formula is C8H12N2O3S. The second-order valence-corrected chi connectivity index (χ2v) is 4.22. The molecular weight excluding hydrogens is 204 g/mol. The van der Waals surface area contributed by atoms with Gasteiger partial charge in [-0.25, -0.2) is 13.6 Å². The van der Waals surface area contributed by atoms with Gasteiger partial charge in [0, 0.05) is 5.56 Å². The number of benzene rings is 1. The van der Waals surface area contributed by atoms with Crippen LogP contribution in [-0.4, -0.2) is 20.6 Å². The van der Waals surface area contributed by atoms with Crippen molar-refractivity contribution in [1.82, 2.24) is 0 Å². The summed E-state index contributed by atoms with van der Waals surface area (Å²) in [6, 6.07) is 8.76. The molecule has 4 N–H and O–H groups in total. The van der Waals surface area contributed by atoms with E-state index in [1.165, 1.54) is 0 Å². The largest absolute Gasteiger partial charge is 0.366 e. The predicted molar refractivity (Wildman–Crippen MR) is 54.0 cm³/mol. The summed E-state index contributed by atoms with van der Waals surface area (Å²) in [5.74, 6) is -0.379. The molecule has 0 saturated carbocycles. The standard InChI is InChI=1S/C7H7NO.CH5NO2S/c8-7(9)6-4-2-1-3-5-6;1-5(2,3)4/h1-5H,(H2,8,9);1H3,(H2,2,3,4). The molecule has 6 heteroatoms. The highest BCUT2D eigenvalue weighted by Gasteiger charge is 1.93. The van der Waals surface area contributed by atoms with Crippen LogP contribution in [0.1, 0.15) is 10.4 Å². The minimum absolute atomic E-state index is 0.379. The van der Waals surface area contributed by atoms with Gasteiger partial charge in [0.15, 0.2) is 0 Å². The van der Waals surface area contributed by atoms with Crippen LogP contribution in [0.25, 0.3) is 0 Å². The molecule has 0 aliphatic heterocycles. The van der Waals surface area contributed by atoms with Gasteiger partial charge in [-0.3, -0.25) is 4.79 Å². The van der Waals surface area contributed by atoms with Crippen LogP contribution in [0.5, 0.6) is 0 Å². The number of carbonyl (C=O) groups excluding carboxylic acids is 1. The lowest BCUT2D eigenvalue weighted by atomic mass is 10.2. The number of primary sulfonamides is 1. The number of amides is 1. The number of carbonyl (C=O) groups is 1. The van der Waals surface area contributed by atoms with E-state index in [1.807, 2.05) is 6.07 Å². The summed E-state index contributed by atoms with van der Waals surface area (Å²) in [6.07, 6.45) is 0.938. The molecule has 0 spiro atoms. The summed E-state index contributed by atoms with van der Waals surface area (Å²) in [5, 5.41) is 4.33. The van der Waals surface area contributed by atoms with E-state index in [0.717, 1.165) is 6.26 Å². The summed E-state index contributed by atoms with van der Waals surface area (Å²) < 4.78 is 18.8. The lowest BCUT2D eigenvalue weighted by Gasteiger charge is -1.89. The van der Waals surface area contributed by atoms with Gasteiger partial charge in [-0.15, -0.1) is 0 Å². The van der Waals surface area contributed by atoms with Gasteiger partial charge in [-0.05, 0) is 12.1 Å². The lowest BCUT2D eigenvalue weighted by molar-refractivity contribution is 0.100. The van der Waals surface area contributed by atoms with E-state index >= 15 is 0 Å². The van der Waals surface area contributed by atoms with Crippen molar-refractivity contribution in [2.75, 3.05) is 6.26 Å². The van der Waals surface area contributed by atoms with E-state index < -0.39 is 10.0 Å². The summed E-state index contributed by atoms with van der Waals surface area (Å²) in [6.45, 7) is 0. The Morgan fingerprint density at radius 2 is 1.57 bits per heavy atom. The number of hydrogen-bond acceptors (Lipinski definition) is 3. The second kappa shape index (κ2) is 5.36. The molecule has 0 aliphatic rings. The highest BCUT2D eigenvalue weighted by molar-refractivity contribution is 7.88. The molecule has 78 valence electrons. The molecule has 1 amide bonds. The van der Waals surface area contributed by atoms with Crippen molar-refractivity contribution in [1.29, 1.82) is 0 Å². The third-order valence-corrected chi connectivity index (χ3v) is 1.06. The van der Waals surface area contributed by atoms with E-state index in [-0.39, 0.29) is 5.91 Å². The minimum atomic E-state index is -3.17. The van der Waals surface area contributed by atoms with E-state index in [9.17, 15) is 13.2 Å². The van der Waals surface area contributed by atoms with Crippen molar-refractivity contribution in [3.05, 3.63) is 35.9 Å². The highest BCUT2D eigenvalue weighted by atomic mass is 32.2. The second-order valence-electron chi connectivity index (χ2n) is 2.56. The first-order chi connectivity index (χ1) is 6.30.